The molecule has 1 aromatic carbocycles. The zero-order valence-corrected chi connectivity index (χ0v) is 18.3. The molecule has 6 heteroatoms. The Morgan fingerprint density at radius 3 is 2.83 bits per heavy atom. The van der Waals surface area contributed by atoms with Crippen LogP contribution >= 0.6 is 11.3 Å². The first-order chi connectivity index (χ1) is 14.4. The van der Waals surface area contributed by atoms with E-state index in [9.17, 15) is 9.59 Å². The third-order valence-corrected chi connectivity index (χ3v) is 7.52. The first-order valence-electron chi connectivity index (χ1n) is 10.4. The number of thiophene rings is 1. The second-order valence-electron chi connectivity index (χ2n) is 8.84. The molecule has 2 fully saturated rings. The van der Waals surface area contributed by atoms with E-state index in [1.807, 2.05) is 35.5 Å². The summed E-state index contributed by atoms with van der Waals surface area (Å²) in [6.07, 6.45) is 3.69. The number of ether oxygens (including phenoxy) is 1. The van der Waals surface area contributed by atoms with E-state index in [0.29, 0.717) is 19.6 Å². The second kappa shape index (κ2) is 7.06. The van der Waals surface area contributed by atoms with Crippen LogP contribution in [0.4, 0.5) is 0 Å². The summed E-state index contributed by atoms with van der Waals surface area (Å²) < 4.78 is 6.27. The van der Waals surface area contributed by atoms with Crippen LogP contribution in [0.3, 0.4) is 0 Å². The van der Waals surface area contributed by atoms with E-state index >= 15 is 0 Å². The molecule has 2 saturated heterocycles. The average molecular weight is 423 g/mol. The molecule has 0 unspecified atom stereocenters. The van der Waals surface area contributed by atoms with Gasteiger partial charge in [-0.2, -0.15) is 11.3 Å². The summed E-state index contributed by atoms with van der Waals surface area (Å²) in [5, 5.41) is 4.06. The third-order valence-electron chi connectivity index (χ3n) is 6.78. The van der Waals surface area contributed by atoms with Crippen molar-refractivity contribution in [1.82, 2.24) is 9.80 Å². The van der Waals surface area contributed by atoms with Gasteiger partial charge in [-0.05, 0) is 52.9 Å². The molecular formula is C24H26N2O3S. The summed E-state index contributed by atoms with van der Waals surface area (Å²) in [6, 6.07) is 8.34. The number of carbonyl (C=O) groups excluding carboxylic acids is 2. The van der Waals surface area contributed by atoms with Gasteiger partial charge in [0.1, 0.15) is 5.60 Å². The van der Waals surface area contributed by atoms with Gasteiger partial charge in [-0.25, -0.2) is 0 Å². The van der Waals surface area contributed by atoms with Crippen LogP contribution < -0.4 is 0 Å². The van der Waals surface area contributed by atoms with Crippen molar-refractivity contribution in [2.45, 2.75) is 38.6 Å². The lowest BCUT2D eigenvalue weighted by atomic mass is 9.76. The Kier molecular flexibility index (Phi) is 4.60. The van der Waals surface area contributed by atoms with Crippen molar-refractivity contribution in [1.29, 1.82) is 0 Å². The molecule has 3 aliphatic rings. The van der Waals surface area contributed by atoms with E-state index in [1.54, 1.807) is 16.2 Å². The molecule has 5 nitrogen and oxygen atoms in total. The van der Waals surface area contributed by atoms with Gasteiger partial charge in [0.05, 0.1) is 24.5 Å². The summed E-state index contributed by atoms with van der Waals surface area (Å²) in [5.74, 6) is -0.862. The van der Waals surface area contributed by atoms with E-state index in [4.69, 9.17) is 4.74 Å². The first-order valence-corrected chi connectivity index (χ1v) is 11.3. The zero-order valence-electron chi connectivity index (χ0n) is 17.5. The van der Waals surface area contributed by atoms with E-state index in [2.05, 4.69) is 37.4 Å². The number of aryl methyl sites for hydroxylation is 2. The van der Waals surface area contributed by atoms with Crippen LogP contribution in [-0.2, 0) is 27.4 Å². The van der Waals surface area contributed by atoms with Crippen LogP contribution in [0, 0.1) is 25.7 Å². The number of fused-ring (bicyclic) bond motifs is 1. The van der Waals surface area contributed by atoms with Gasteiger partial charge in [0.15, 0.2) is 0 Å². The Bertz CT molecular complexity index is 1030. The molecule has 2 aromatic rings. The van der Waals surface area contributed by atoms with Crippen molar-refractivity contribution in [2.75, 3.05) is 13.6 Å². The molecule has 1 spiro atoms. The summed E-state index contributed by atoms with van der Waals surface area (Å²) in [5.41, 5.74) is 4.02. The number of rotatable bonds is 5. The molecule has 0 radical (unpaired) electrons. The van der Waals surface area contributed by atoms with Gasteiger partial charge >= 0.3 is 0 Å². The number of amides is 2. The van der Waals surface area contributed by atoms with Crippen molar-refractivity contribution < 1.29 is 14.3 Å². The monoisotopic (exact) mass is 422 g/mol. The third kappa shape index (κ3) is 3.01. The van der Waals surface area contributed by atoms with Gasteiger partial charge in [0, 0.05) is 20.1 Å². The molecule has 3 aliphatic heterocycles. The molecule has 2 amide bonds. The fraction of sp³-hybridized carbons (Fsp3) is 0.417. The highest BCUT2D eigenvalue weighted by molar-refractivity contribution is 7.07. The lowest BCUT2D eigenvalue weighted by Crippen LogP contribution is -2.44. The van der Waals surface area contributed by atoms with Crippen LogP contribution in [0.5, 0.6) is 0 Å². The number of benzene rings is 1. The van der Waals surface area contributed by atoms with Gasteiger partial charge < -0.3 is 14.5 Å². The molecule has 4 heterocycles. The van der Waals surface area contributed by atoms with Gasteiger partial charge in [0.2, 0.25) is 11.8 Å². The van der Waals surface area contributed by atoms with E-state index in [-0.39, 0.29) is 17.9 Å². The first kappa shape index (κ1) is 19.5. The molecule has 0 N–H and O–H groups in total. The summed E-state index contributed by atoms with van der Waals surface area (Å²) in [6.45, 7) is 5.78. The number of hydrogen-bond acceptors (Lipinski definition) is 4. The maximum atomic E-state index is 13.4. The number of nitrogens with zero attached hydrogens (tertiary/aromatic N) is 2. The van der Waals surface area contributed by atoms with Gasteiger partial charge in [-0.1, -0.05) is 30.4 Å². The maximum absolute atomic E-state index is 13.4. The van der Waals surface area contributed by atoms with Gasteiger partial charge in [-0.15, -0.1) is 0 Å². The van der Waals surface area contributed by atoms with Crippen LogP contribution in [0.15, 0.2) is 47.2 Å². The number of hydrogen-bond donors (Lipinski definition) is 0. The minimum absolute atomic E-state index is 0.0104. The maximum Gasteiger partial charge on any atom is 0.230 e. The van der Waals surface area contributed by atoms with Crippen molar-refractivity contribution in [3.05, 3.63) is 69.4 Å². The molecule has 0 saturated carbocycles. The molecule has 4 atom stereocenters. The van der Waals surface area contributed by atoms with Crippen molar-refractivity contribution in [2.24, 2.45) is 11.8 Å². The quantitative estimate of drug-likeness (QED) is 0.695. The van der Waals surface area contributed by atoms with E-state index in [0.717, 1.165) is 11.1 Å². The fourth-order valence-electron chi connectivity index (χ4n) is 5.11. The van der Waals surface area contributed by atoms with Gasteiger partial charge in [-0.3, -0.25) is 9.59 Å². The molecule has 0 aliphatic carbocycles. The SMILES string of the molecule is Cc1ccc(CN2C[C@]34C=C[C@H](O3)[C@H](C(=O)N(C)Cc3ccsc3)[C@@H]4C2=O)cc1C. The molecule has 2 bridgehead atoms. The number of carbonyl (C=O) groups is 2. The molecule has 5 rings (SSSR count). The highest BCUT2D eigenvalue weighted by Gasteiger charge is 2.67. The highest BCUT2D eigenvalue weighted by Crippen LogP contribution is 2.52. The molecule has 156 valence electrons. The van der Waals surface area contributed by atoms with Crippen LogP contribution in [0.1, 0.15) is 22.3 Å². The van der Waals surface area contributed by atoms with Crippen LogP contribution in [0.2, 0.25) is 0 Å². The Hall–Kier alpha value is -2.44. The molecule has 1 aromatic heterocycles. The largest absolute Gasteiger partial charge is 0.360 e. The second-order valence-corrected chi connectivity index (χ2v) is 9.62. The Morgan fingerprint density at radius 1 is 1.27 bits per heavy atom. The summed E-state index contributed by atoms with van der Waals surface area (Å²) in [4.78, 5) is 30.4. The zero-order chi connectivity index (χ0) is 21.0. The van der Waals surface area contributed by atoms with Crippen LogP contribution in [0.25, 0.3) is 0 Å². The topological polar surface area (TPSA) is 49.9 Å². The summed E-state index contributed by atoms with van der Waals surface area (Å²) >= 11 is 1.62. The van der Waals surface area contributed by atoms with Crippen molar-refractivity contribution in [3.8, 4) is 0 Å². The lowest BCUT2D eigenvalue weighted by Gasteiger charge is -2.27. The standard InChI is InChI=1S/C24H26N2O3S/c1-15-4-5-17(10-16(15)2)12-26-14-24-8-6-19(29-24)20(21(24)23(26)28)22(27)25(3)11-18-7-9-30-13-18/h4-10,13,19-21H,11-12,14H2,1-3H3/t19-,20-,21+,24-/m0/s1. The predicted molar refractivity (Wildman–Crippen MR) is 116 cm³/mol. The summed E-state index contributed by atoms with van der Waals surface area (Å²) in [7, 11) is 1.81. The Labute approximate surface area is 180 Å². The Morgan fingerprint density at radius 2 is 2.10 bits per heavy atom. The van der Waals surface area contributed by atoms with E-state index in [1.165, 1.54) is 11.1 Å². The fourth-order valence-corrected chi connectivity index (χ4v) is 5.76. The van der Waals surface area contributed by atoms with E-state index < -0.39 is 17.4 Å². The minimum atomic E-state index is -0.662. The number of likely N-dealkylation sites (tertiary alicyclic amines) is 1. The van der Waals surface area contributed by atoms with Crippen molar-refractivity contribution in [3.63, 3.8) is 0 Å². The van der Waals surface area contributed by atoms with Gasteiger partial charge in [0.25, 0.3) is 0 Å². The molecule has 30 heavy (non-hydrogen) atoms. The predicted octanol–water partition coefficient (Wildman–Crippen LogP) is 3.31. The van der Waals surface area contributed by atoms with Crippen molar-refractivity contribution >= 4 is 23.2 Å². The van der Waals surface area contributed by atoms with Crippen LogP contribution in [-0.4, -0.2) is 46.9 Å². The smallest absolute Gasteiger partial charge is 0.230 e. The molecular weight excluding hydrogens is 396 g/mol. The highest BCUT2D eigenvalue weighted by atomic mass is 32.1. The lowest BCUT2D eigenvalue weighted by molar-refractivity contribution is -0.142. The normalized spacial score (nSPS) is 29.0. The average Bonchev–Trinajstić information content (AvgIpc) is 3.47. The Balaban J connectivity index is 1.36. The minimum Gasteiger partial charge on any atom is -0.360 e.